The molecule has 22 heavy (non-hydrogen) atoms. The molecule has 0 radical (unpaired) electrons. The molecule has 0 amide bonds. The highest BCUT2D eigenvalue weighted by molar-refractivity contribution is 7.09. The summed E-state index contributed by atoms with van der Waals surface area (Å²) in [5, 5.41) is 10.5. The maximum absolute atomic E-state index is 4.70. The van der Waals surface area contributed by atoms with E-state index < -0.39 is 0 Å². The Kier molecular flexibility index (Phi) is 3.51. The maximum atomic E-state index is 4.70. The van der Waals surface area contributed by atoms with Gasteiger partial charge in [-0.1, -0.05) is 6.07 Å². The number of aromatic nitrogens is 4. The first-order valence-electron chi connectivity index (χ1n) is 7.45. The zero-order valence-corrected chi connectivity index (χ0v) is 13.3. The standard InChI is InChI=1S/C15H18N6S/c1-19-4-6-20(7-5-19)14-15-18-17-11-21(15)12(10-16-14)9-13-3-2-8-22-13/h2-3,8,10-11H,4-7,9H2,1H3. The molecule has 4 heterocycles. The molecular weight excluding hydrogens is 296 g/mol. The Balaban J connectivity index is 1.68. The summed E-state index contributed by atoms with van der Waals surface area (Å²) in [4.78, 5) is 10.7. The second-order valence-corrected chi connectivity index (χ2v) is 6.68. The molecule has 4 rings (SSSR count). The third kappa shape index (κ3) is 2.46. The van der Waals surface area contributed by atoms with Crippen molar-refractivity contribution in [2.45, 2.75) is 6.42 Å². The van der Waals surface area contributed by atoms with Crippen LogP contribution in [0.5, 0.6) is 0 Å². The van der Waals surface area contributed by atoms with Crippen LogP contribution in [0.1, 0.15) is 10.6 Å². The molecule has 114 valence electrons. The van der Waals surface area contributed by atoms with Gasteiger partial charge in [-0.15, -0.1) is 21.5 Å². The minimum Gasteiger partial charge on any atom is -0.351 e. The van der Waals surface area contributed by atoms with Crippen molar-refractivity contribution in [3.63, 3.8) is 0 Å². The van der Waals surface area contributed by atoms with Crippen molar-refractivity contribution in [1.82, 2.24) is 24.5 Å². The number of hydrogen-bond donors (Lipinski definition) is 0. The first-order valence-corrected chi connectivity index (χ1v) is 8.33. The highest BCUT2D eigenvalue weighted by Crippen LogP contribution is 2.22. The highest BCUT2D eigenvalue weighted by Gasteiger charge is 2.20. The van der Waals surface area contributed by atoms with E-state index in [9.17, 15) is 0 Å². The first kappa shape index (κ1) is 13.7. The van der Waals surface area contributed by atoms with Crippen LogP contribution >= 0.6 is 11.3 Å². The SMILES string of the molecule is CN1CCN(c2ncc(Cc3cccs3)n3cnnc23)CC1. The average molecular weight is 314 g/mol. The van der Waals surface area contributed by atoms with E-state index >= 15 is 0 Å². The van der Waals surface area contributed by atoms with Crippen LogP contribution in [0, 0.1) is 0 Å². The monoisotopic (exact) mass is 314 g/mol. The van der Waals surface area contributed by atoms with E-state index in [1.807, 2.05) is 6.20 Å². The number of piperazine rings is 1. The molecule has 0 unspecified atom stereocenters. The van der Waals surface area contributed by atoms with Crippen molar-refractivity contribution in [1.29, 1.82) is 0 Å². The van der Waals surface area contributed by atoms with Gasteiger partial charge in [0.15, 0.2) is 5.82 Å². The molecule has 7 heteroatoms. The third-order valence-corrected chi connectivity index (χ3v) is 5.01. The van der Waals surface area contributed by atoms with Crippen molar-refractivity contribution < 1.29 is 0 Å². The zero-order valence-electron chi connectivity index (χ0n) is 12.5. The fourth-order valence-electron chi connectivity index (χ4n) is 2.82. The molecule has 0 bridgehead atoms. The van der Waals surface area contributed by atoms with Crippen LogP contribution in [-0.4, -0.2) is 57.7 Å². The normalized spacial score (nSPS) is 16.5. The summed E-state index contributed by atoms with van der Waals surface area (Å²) in [6.45, 7) is 4.07. The third-order valence-electron chi connectivity index (χ3n) is 4.13. The molecule has 1 aliphatic rings. The Morgan fingerprint density at radius 2 is 2.09 bits per heavy atom. The molecule has 3 aromatic rings. The Hall–Kier alpha value is -1.99. The van der Waals surface area contributed by atoms with Crippen LogP contribution in [0.3, 0.4) is 0 Å². The van der Waals surface area contributed by atoms with Gasteiger partial charge in [0.25, 0.3) is 0 Å². The van der Waals surface area contributed by atoms with Crippen LogP contribution in [0.25, 0.3) is 5.65 Å². The van der Waals surface area contributed by atoms with E-state index in [1.165, 1.54) is 4.88 Å². The van der Waals surface area contributed by atoms with Gasteiger partial charge in [-0.3, -0.25) is 4.40 Å². The molecule has 1 aliphatic heterocycles. The number of thiophene rings is 1. The number of rotatable bonds is 3. The highest BCUT2D eigenvalue weighted by atomic mass is 32.1. The minimum absolute atomic E-state index is 0.860. The van der Waals surface area contributed by atoms with Crippen molar-refractivity contribution >= 4 is 22.8 Å². The van der Waals surface area contributed by atoms with Gasteiger partial charge in [0, 0.05) is 49.4 Å². The molecule has 0 spiro atoms. The molecule has 6 nitrogen and oxygen atoms in total. The van der Waals surface area contributed by atoms with Crippen molar-refractivity contribution in [2.24, 2.45) is 0 Å². The smallest absolute Gasteiger partial charge is 0.203 e. The lowest BCUT2D eigenvalue weighted by Gasteiger charge is -2.33. The molecule has 0 aliphatic carbocycles. The van der Waals surface area contributed by atoms with Crippen LogP contribution in [0.4, 0.5) is 5.82 Å². The fourth-order valence-corrected chi connectivity index (χ4v) is 3.54. The Bertz CT molecular complexity index is 758. The Morgan fingerprint density at radius 3 is 2.86 bits per heavy atom. The summed E-state index contributed by atoms with van der Waals surface area (Å²) < 4.78 is 2.07. The van der Waals surface area contributed by atoms with Gasteiger partial charge in [-0.05, 0) is 18.5 Å². The summed E-state index contributed by atoms with van der Waals surface area (Å²) in [6, 6.07) is 4.23. The van der Waals surface area contributed by atoms with Crippen molar-refractivity contribution in [2.75, 3.05) is 38.1 Å². The number of hydrogen-bond acceptors (Lipinski definition) is 6. The lowest BCUT2D eigenvalue weighted by atomic mass is 10.2. The van der Waals surface area contributed by atoms with Crippen molar-refractivity contribution in [3.8, 4) is 0 Å². The van der Waals surface area contributed by atoms with Crippen LogP contribution in [0.15, 0.2) is 30.0 Å². The van der Waals surface area contributed by atoms with E-state index in [0.717, 1.165) is 49.8 Å². The zero-order chi connectivity index (χ0) is 14.9. The number of likely N-dealkylation sites (N-methyl/N-ethyl adjacent to an activating group) is 1. The molecule has 0 aromatic carbocycles. The molecule has 0 saturated carbocycles. The fraction of sp³-hybridized carbons (Fsp3) is 0.400. The first-order chi connectivity index (χ1) is 10.8. The second-order valence-electron chi connectivity index (χ2n) is 5.64. The van der Waals surface area contributed by atoms with Gasteiger partial charge in [0.05, 0.1) is 0 Å². The lowest BCUT2D eigenvalue weighted by molar-refractivity contribution is 0.312. The summed E-state index contributed by atoms with van der Waals surface area (Å²) in [6.07, 6.45) is 4.62. The largest absolute Gasteiger partial charge is 0.351 e. The minimum atomic E-state index is 0.860. The molecule has 1 fully saturated rings. The lowest BCUT2D eigenvalue weighted by Crippen LogP contribution is -2.45. The van der Waals surface area contributed by atoms with Gasteiger partial charge >= 0.3 is 0 Å². The summed E-state index contributed by atoms with van der Waals surface area (Å²) in [7, 11) is 2.15. The summed E-state index contributed by atoms with van der Waals surface area (Å²) >= 11 is 1.76. The van der Waals surface area contributed by atoms with Gasteiger partial charge in [-0.25, -0.2) is 4.98 Å². The van der Waals surface area contributed by atoms with Crippen molar-refractivity contribution in [3.05, 3.63) is 40.6 Å². The number of nitrogens with zero attached hydrogens (tertiary/aromatic N) is 6. The number of fused-ring (bicyclic) bond motifs is 1. The van der Waals surface area contributed by atoms with E-state index in [1.54, 1.807) is 17.7 Å². The molecule has 3 aromatic heterocycles. The Morgan fingerprint density at radius 1 is 1.23 bits per heavy atom. The maximum Gasteiger partial charge on any atom is 0.203 e. The topological polar surface area (TPSA) is 49.6 Å². The van der Waals surface area contributed by atoms with Crippen LogP contribution < -0.4 is 4.90 Å². The predicted molar refractivity (Wildman–Crippen MR) is 87.6 cm³/mol. The molecular formula is C15H18N6S. The molecule has 0 N–H and O–H groups in total. The van der Waals surface area contributed by atoms with Crippen LogP contribution in [-0.2, 0) is 6.42 Å². The summed E-state index contributed by atoms with van der Waals surface area (Å²) in [5.41, 5.74) is 1.99. The van der Waals surface area contributed by atoms with Gasteiger partial charge < -0.3 is 9.80 Å². The molecule has 0 atom stereocenters. The number of anilines is 1. The van der Waals surface area contributed by atoms with E-state index in [2.05, 4.69) is 49.0 Å². The van der Waals surface area contributed by atoms with E-state index in [-0.39, 0.29) is 0 Å². The Labute approximate surface area is 133 Å². The van der Waals surface area contributed by atoms with Gasteiger partial charge in [-0.2, -0.15) is 0 Å². The molecule has 1 saturated heterocycles. The average Bonchev–Trinajstić information content (AvgIpc) is 3.20. The summed E-state index contributed by atoms with van der Waals surface area (Å²) in [5.74, 6) is 0.945. The quantitative estimate of drug-likeness (QED) is 0.734. The van der Waals surface area contributed by atoms with E-state index in [0.29, 0.717) is 0 Å². The van der Waals surface area contributed by atoms with Gasteiger partial charge in [0.2, 0.25) is 5.65 Å². The van der Waals surface area contributed by atoms with Crippen LogP contribution in [0.2, 0.25) is 0 Å². The van der Waals surface area contributed by atoms with E-state index in [4.69, 9.17) is 4.98 Å². The second kappa shape index (κ2) is 5.66. The van der Waals surface area contributed by atoms with Gasteiger partial charge in [0.1, 0.15) is 6.33 Å². The predicted octanol–water partition coefficient (Wildman–Crippen LogP) is 1.53.